The summed E-state index contributed by atoms with van der Waals surface area (Å²) >= 11 is 0. The number of carbonyl (C=O) groups is 1. The fourth-order valence-electron chi connectivity index (χ4n) is 2.20. The molecule has 0 fully saturated rings. The van der Waals surface area contributed by atoms with Crippen LogP contribution in [0.5, 0.6) is 0 Å². The Balaban J connectivity index is 1.64. The number of anilines is 2. The third kappa shape index (κ3) is 4.16. The maximum Gasteiger partial charge on any atom is 0.270 e. The van der Waals surface area contributed by atoms with Gasteiger partial charge in [0.15, 0.2) is 0 Å². The van der Waals surface area contributed by atoms with Gasteiger partial charge in [-0.25, -0.2) is 4.39 Å². The summed E-state index contributed by atoms with van der Waals surface area (Å²) in [6, 6.07) is 19.2. The first-order valence-electron chi connectivity index (χ1n) is 7.51. The second-order valence-corrected chi connectivity index (χ2v) is 5.23. The third-order valence-corrected chi connectivity index (χ3v) is 3.42. The van der Waals surface area contributed by atoms with E-state index in [0.717, 1.165) is 16.9 Å². The van der Waals surface area contributed by atoms with Crippen LogP contribution in [-0.4, -0.2) is 10.9 Å². The molecule has 0 aliphatic rings. The van der Waals surface area contributed by atoms with Crippen molar-refractivity contribution in [3.63, 3.8) is 0 Å². The standard InChI is InChI=1S/C19H16FN3O/c20-15-8-6-14(7-9-15)13-22-19(24)18-12-17(10-11-21-18)23-16-4-2-1-3-5-16/h1-12H,13H2,(H,21,23)(H,22,24). The number of benzene rings is 2. The van der Waals surface area contributed by atoms with Gasteiger partial charge in [-0.3, -0.25) is 9.78 Å². The largest absolute Gasteiger partial charge is 0.355 e. The van der Waals surface area contributed by atoms with Crippen LogP contribution in [0.3, 0.4) is 0 Å². The number of nitrogens with zero attached hydrogens (tertiary/aromatic N) is 1. The van der Waals surface area contributed by atoms with Crippen molar-refractivity contribution in [2.45, 2.75) is 6.54 Å². The Morgan fingerprint density at radius 3 is 2.46 bits per heavy atom. The first kappa shape index (κ1) is 15.7. The van der Waals surface area contributed by atoms with Crippen molar-refractivity contribution in [2.24, 2.45) is 0 Å². The number of carbonyl (C=O) groups excluding carboxylic acids is 1. The summed E-state index contributed by atoms with van der Waals surface area (Å²) in [4.78, 5) is 16.3. The number of hydrogen-bond donors (Lipinski definition) is 2. The van der Waals surface area contributed by atoms with Crippen LogP contribution in [0.15, 0.2) is 72.9 Å². The van der Waals surface area contributed by atoms with Gasteiger partial charge in [-0.2, -0.15) is 0 Å². The average Bonchev–Trinajstić information content (AvgIpc) is 2.62. The van der Waals surface area contributed by atoms with Crippen LogP contribution < -0.4 is 10.6 Å². The van der Waals surface area contributed by atoms with Crippen molar-refractivity contribution < 1.29 is 9.18 Å². The molecule has 2 N–H and O–H groups in total. The molecule has 0 aliphatic carbocycles. The molecule has 0 atom stereocenters. The fourth-order valence-corrected chi connectivity index (χ4v) is 2.20. The van der Waals surface area contributed by atoms with E-state index >= 15 is 0 Å². The van der Waals surface area contributed by atoms with E-state index in [-0.39, 0.29) is 11.7 Å². The zero-order valence-electron chi connectivity index (χ0n) is 12.9. The highest BCUT2D eigenvalue weighted by Gasteiger charge is 2.08. The fraction of sp³-hybridized carbons (Fsp3) is 0.0526. The summed E-state index contributed by atoms with van der Waals surface area (Å²) in [5.74, 6) is -0.581. The molecule has 3 aromatic rings. The Hall–Kier alpha value is -3.21. The minimum Gasteiger partial charge on any atom is -0.355 e. The molecule has 0 spiro atoms. The van der Waals surface area contributed by atoms with Crippen molar-refractivity contribution >= 4 is 17.3 Å². The summed E-state index contributed by atoms with van der Waals surface area (Å²) in [5, 5.41) is 5.99. The molecule has 2 aromatic carbocycles. The molecule has 0 saturated carbocycles. The van der Waals surface area contributed by atoms with Gasteiger partial charge in [0, 0.05) is 24.1 Å². The molecule has 1 heterocycles. The van der Waals surface area contributed by atoms with Gasteiger partial charge in [0.05, 0.1) is 0 Å². The number of hydrogen-bond acceptors (Lipinski definition) is 3. The number of pyridine rings is 1. The average molecular weight is 321 g/mol. The van der Waals surface area contributed by atoms with Gasteiger partial charge in [0.25, 0.3) is 5.91 Å². The second kappa shape index (κ2) is 7.37. The predicted octanol–water partition coefficient (Wildman–Crippen LogP) is 3.89. The van der Waals surface area contributed by atoms with Crippen molar-refractivity contribution in [1.29, 1.82) is 0 Å². The van der Waals surface area contributed by atoms with Crippen LogP contribution in [0, 0.1) is 5.82 Å². The summed E-state index contributed by atoms with van der Waals surface area (Å²) in [6.45, 7) is 0.317. The quantitative estimate of drug-likeness (QED) is 0.749. The topological polar surface area (TPSA) is 54.0 Å². The van der Waals surface area contributed by atoms with Crippen LogP contribution in [0.1, 0.15) is 16.1 Å². The lowest BCUT2D eigenvalue weighted by Gasteiger charge is -2.08. The highest BCUT2D eigenvalue weighted by Crippen LogP contribution is 2.16. The number of para-hydroxylation sites is 1. The molecular weight excluding hydrogens is 305 g/mol. The highest BCUT2D eigenvalue weighted by atomic mass is 19.1. The van der Waals surface area contributed by atoms with Crippen LogP contribution in [0.25, 0.3) is 0 Å². The molecule has 0 saturated heterocycles. The summed E-state index contributed by atoms with van der Waals surface area (Å²) in [5.41, 5.74) is 2.85. The molecule has 4 nitrogen and oxygen atoms in total. The zero-order chi connectivity index (χ0) is 16.8. The lowest BCUT2D eigenvalue weighted by atomic mass is 10.2. The summed E-state index contributed by atoms with van der Waals surface area (Å²) < 4.78 is 12.9. The number of rotatable bonds is 5. The normalized spacial score (nSPS) is 10.2. The molecule has 24 heavy (non-hydrogen) atoms. The van der Waals surface area contributed by atoms with E-state index in [1.54, 1.807) is 30.5 Å². The van der Waals surface area contributed by atoms with E-state index in [1.807, 2.05) is 30.3 Å². The van der Waals surface area contributed by atoms with E-state index < -0.39 is 0 Å². The van der Waals surface area contributed by atoms with Crippen LogP contribution in [0.4, 0.5) is 15.8 Å². The first-order chi connectivity index (χ1) is 11.7. The SMILES string of the molecule is O=C(NCc1ccc(F)cc1)c1cc(Nc2ccccc2)ccn1. The minimum absolute atomic E-state index is 0.281. The smallest absolute Gasteiger partial charge is 0.270 e. The van der Waals surface area contributed by atoms with Crippen molar-refractivity contribution in [3.8, 4) is 0 Å². The number of amides is 1. The molecule has 0 unspecified atom stereocenters. The molecule has 120 valence electrons. The number of aromatic nitrogens is 1. The van der Waals surface area contributed by atoms with Crippen LogP contribution >= 0.6 is 0 Å². The van der Waals surface area contributed by atoms with Gasteiger partial charge in [-0.15, -0.1) is 0 Å². The molecule has 3 rings (SSSR count). The molecule has 5 heteroatoms. The predicted molar refractivity (Wildman–Crippen MR) is 91.5 cm³/mol. The second-order valence-electron chi connectivity index (χ2n) is 5.23. The third-order valence-electron chi connectivity index (χ3n) is 3.42. The maximum absolute atomic E-state index is 12.9. The van der Waals surface area contributed by atoms with Crippen LogP contribution in [-0.2, 0) is 6.54 Å². The van der Waals surface area contributed by atoms with E-state index in [0.29, 0.717) is 12.2 Å². The van der Waals surface area contributed by atoms with E-state index in [4.69, 9.17) is 0 Å². The monoisotopic (exact) mass is 321 g/mol. The Labute approximate surface area is 139 Å². The van der Waals surface area contributed by atoms with Gasteiger partial charge in [0.2, 0.25) is 0 Å². The van der Waals surface area contributed by atoms with Crippen molar-refractivity contribution in [2.75, 3.05) is 5.32 Å². The number of halogens is 1. The maximum atomic E-state index is 12.9. The summed E-state index contributed by atoms with van der Waals surface area (Å²) in [6.07, 6.45) is 1.58. The minimum atomic E-state index is -0.300. The highest BCUT2D eigenvalue weighted by molar-refractivity contribution is 5.93. The van der Waals surface area contributed by atoms with E-state index in [9.17, 15) is 9.18 Å². The summed E-state index contributed by atoms with van der Waals surface area (Å²) in [7, 11) is 0. The lowest BCUT2D eigenvalue weighted by Crippen LogP contribution is -2.23. The molecule has 1 aromatic heterocycles. The van der Waals surface area contributed by atoms with Gasteiger partial charge in [0.1, 0.15) is 11.5 Å². The van der Waals surface area contributed by atoms with Crippen LogP contribution in [0.2, 0.25) is 0 Å². The van der Waals surface area contributed by atoms with Crippen molar-refractivity contribution in [1.82, 2.24) is 10.3 Å². The van der Waals surface area contributed by atoms with Gasteiger partial charge in [-0.1, -0.05) is 30.3 Å². The van der Waals surface area contributed by atoms with E-state index in [1.165, 1.54) is 12.1 Å². The molecule has 0 aliphatic heterocycles. The molecule has 0 bridgehead atoms. The Kier molecular flexibility index (Phi) is 4.81. The van der Waals surface area contributed by atoms with Gasteiger partial charge in [-0.05, 0) is 42.0 Å². The Morgan fingerprint density at radius 2 is 1.71 bits per heavy atom. The number of nitrogens with one attached hydrogen (secondary N) is 2. The van der Waals surface area contributed by atoms with Gasteiger partial charge < -0.3 is 10.6 Å². The Bertz CT molecular complexity index is 820. The Morgan fingerprint density at radius 1 is 0.958 bits per heavy atom. The lowest BCUT2D eigenvalue weighted by molar-refractivity contribution is 0.0946. The van der Waals surface area contributed by atoms with E-state index in [2.05, 4.69) is 15.6 Å². The zero-order valence-corrected chi connectivity index (χ0v) is 12.9. The molecule has 1 amide bonds. The molecule has 0 radical (unpaired) electrons. The van der Waals surface area contributed by atoms with Gasteiger partial charge >= 0.3 is 0 Å². The van der Waals surface area contributed by atoms with Crippen molar-refractivity contribution in [3.05, 3.63) is 90.0 Å². The molecular formula is C19H16FN3O. The first-order valence-corrected chi connectivity index (χ1v) is 7.51.